The van der Waals surface area contributed by atoms with Crippen LogP contribution in [-0.2, 0) is 5.41 Å². The number of allylic oxidation sites excluding steroid dienone is 1. The van der Waals surface area contributed by atoms with Crippen molar-refractivity contribution in [3.8, 4) is 11.1 Å². The topological polar surface area (TPSA) is 0 Å². The molecule has 0 aliphatic heterocycles. The second-order valence-corrected chi connectivity index (χ2v) is 9.26. The molecule has 0 heterocycles. The Morgan fingerprint density at radius 1 is 1.08 bits per heavy atom. The van der Waals surface area contributed by atoms with E-state index in [2.05, 4.69) is 104 Å². The van der Waals surface area contributed by atoms with Gasteiger partial charge in [-0.3, -0.25) is 0 Å². The zero-order valence-electron chi connectivity index (χ0n) is 15.6. The fraction of sp³-hybridized carbons (Fsp3) is 0.280. The lowest BCUT2D eigenvalue weighted by atomic mass is 9.84. The van der Waals surface area contributed by atoms with E-state index in [-0.39, 0.29) is 5.41 Å². The maximum Gasteiger partial charge on any atom is 0.0209 e. The fourth-order valence-electron chi connectivity index (χ4n) is 4.59. The van der Waals surface area contributed by atoms with Crippen LogP contribution in [0.1, 0.15) is 50.2 Å². The standard InChI is InChI=1S/C25H25I/c1-4-5-8-18-16-25(2,3)23-15-17(11-12-20(18)23)19-13-14-24(26)22-10-7-6-9-21(19)22/h4,6-7,9-15,18H,1,5,8,16H2,2-3H3. The molecule has 1 heteroatoms. The molecule has 132 valence electrons. The predicted molar refractivity (Wildman–Crippen MR) is 122 cm³/mol. The summed E-state index contributed by atoms with van der Waals surface area (Å²) in [6.45, 7) is 8.70. The quantitative estimate of drug-likeness (QED) is 0.279. The molecule has 1 aliphatic carbocycles. The van der Waals surface area contributed by atoms with Gasteiger partial charge < -0.3 is 0 Å². The van der Waals surface area contributed by atoms with Gasteiger partial charge in [-0.15, -0.1) is 6.58 Å². The molecule has 0 bridgehead atoms. The maximum absolute atomic E-state index is 3.90. The van der Waals surface area contributed by atoms with Crippen LogP contribution in [0, 0.1) is 3.57 Å². The molecule has 4 rings (SSSR count). The Balaban J connectivity index is 1.84. The van der Waals surface area contributed by atoms with Crippen molar-refractivity contribution in [3.05, 3.63) is 81.9 Å². The smallest absolute Gasteiger partial charge is 0.0209 e. The molecule has 0 spiro atoms. The van der Waals surface area contributed by atoms with Crippen LogP contribution >= 0.6 is 22.6 Å². The first kappa shape index (κ1) is 17.8. The lowest BCUT2D eigenvalue weighted by Gasteiger charge is -2.20. The monoisotopic (exact) mass is 452 g/mol. The molecule has 3 aromatic rings. The SMILES string of the molecule is C=CCCC1CC(C)(C)c2cc(-c3ccc(I)c4ccccc34)ccc21. The van der Waals surface area contributed by atoms with E-state index in [0.717, 1.165) is 6.42 Å². The molecule has 3 aromatic carbocycles. The minimum Gasteiger partial charge on any atom is -0.103 e. The summed E-state index contributed by atoms with van der Waals surface area (Å²) in [4.78, 5) is 0. The first-order chi connectivity index (χ1) is 12.5. The minimum atomic E-state index is 0.246. The summed E-state index contributed by atoms with van der Waals surface area (Å²) in [5.74, 6) is 0.667. The fourth-order valence-corrected chi connectivity index (χ4v) is 5.24. The van der Waals surface area contributed by atoms with Crippen molar-refractivity contribution in [2.75, 3.05) is 0 Å². The van der Waals surface area contributed by atoms with E-state index in [1.54, 1.807) is 5.56 Å². The molecule has 0 radical (unpaired) electrons. The molecule has 26 heavy (non-hydrogen) atoms. The first-order valence-corrected chi connectivity index (χ1v) is 10.5. The highest BCUT2D eigenvalue weighted by atomic mass is 127. The molecule has 0 saturated heterocycles. The van der Waals surface area contributed by atoms with Crippen LogP contribution < -0.4 is 0 Å². The van der Waals surface area contributed by atoms with Crippen LogP contribution in [0.3, 0.4) is 0 Å². The molecule has 0 N–H and O–H groups in total. The summed E-state index contributed by atoms with van der Waals surface area (Å²) >= 11 is 2.44. The third kappa shape index (κ3) is 3.00. The highest BCUT2D eigenvalue weighted by Gasteiger charge is 2.36. The van der Waals surface area contributed by atoms with Crippen molar-refractivity contribution in [1.29, 1.82) is 0 Å². The molecular weight excluding hydrogens is 427 g/mol. The molecule has 1 aliphatic rings. The molecule has 1 unspecified atom stereocenters. The predicted octanol–water partition coefficient (Wildman–Crippen LogP) is 7.84. The lowest BCUT2D eigenvalue weighted by molar-refractivity contribution is 0.462. The maximum atomic E-state index is 3.90. The van der Waals surface area contributed by atoms with Gasteiger partial charge in [0.05, 0.1) is 0 Å². The largest absolute Gasteiger partial charge is 0.103 e. The van der Waals surface area contributed by atoms with E-state index in [4.69, 9.17) is 0 Å². The van der Waals surface area contributed by atoms with Crippen LogP contribution in [0.2, 0.25) is 0 Å². The van der Waals surface area contributed by atoms with Crippen molar-refractivity contribution >= 4 is 33.4 Å². The summed E-state index contributed by atoms with van der Waals surface area (Å²) in [7, 11) is 0. The Morgan fingerprint density at radius 2 is 1.85 bits per heavy atom. The van der Waals surface area contributed by atoms with Gasteiger partial charge in [-0.2, -0.15) is 0 Å². The average Bonchev–Trinajstić information content (AvgIpc) is 2.90. The zero-order chi connectivity index (χ0) is 18.3. The van der Waals surface area contributed by atoms with Crippen molar-refractivity contribution < 1.29 is 0 Å². The summed E-state index contributed by atoms with van der Waals surface area (Å²) < 4.78 is 1.31. The van der Waals surface area contributed by atoms with Crippen molar-refractivity contribution in [1.82, 2.24) is 0 Å². The molecule has 0 nitrogen and oxygen atoms in total. The van der Waals surface area contributed by atoms with Gasteiger partial charge in [0.2, 0.25) is 0 Å². The summed E-state index contributed by atoms with van der Waals surface area (Å²) in [5, 5.41) is 2.69. The van der Waals surface area contributed by atoms with Crippen LogP contribution in [-0.4, -0.2) is 0 Å². The number of fused-ring (bicyclic) bond motifs is 2. The van der Waals surface area contributed by atoms with Gasteiger partial charge in [-0.25, -0.2) is 0 Å². The zero-order valence-corrected chi connectivity index (χ0v) is 17.7. The van der Waals surface area contributed by atoms with Crippen LogP contribution in [0.4, 0.5) is 0 Å². The third-order valence-electron chi connectivity index (χ3n) is 5.88. The van der Waals surface area contributed by atoms with Gasteiger partial charge in [-0.1, -0.05) is 68.5 Å². The molecule has 0 saturated carbocycles. The Morgan fingerprint density at radius 3 is 2.62 bits per heavy atom. The highest BCUT2D eigenvalue weighted by Crippen LogP contribution is 2.49. The molecule has 0 amide bonds. The number of rotatable bonds is 4. The van der Waals surface area contributed by atoms with Gasteiger partial charge in [0.25, 0.3) is 0 Å². The van der Waals surface area contributed by atoms with E-state index < -0.39 is 0 Å². The number of hydrogen-bond acceptors (Lipinski definition) is 0. The van der Waals surface area contributed by atoms with Gasteiger partial charge in [0.1, 0.15) is 0 Å². The van der Waals surface area contributed by atoms with E-state index >= 15 is 0 Å². The first-order valence-electron chi connectivity index (χ1n) is 9.44. The van der Waals surface area contributed by atoms with E-state index in [1.807, 2.05) is 0 Å². The normalized spacial score (nSPS) is 18.0. The van der Waals surface area contributed by atoms with Crippen molar-refractivity contribution in [2.24, 2.45) is 0 Å². The van der Waals surface area contributed by atoms with E-state index in [1.165, 1.54) is 43.9 Å². The highest BCUT2D eigenvalue weighted by molar-refractivity contribution is 14.1. The van der Waals surface area contributed by atoms with E-state index in [9.17, 15) is 0 Å². The third-order valence-corrected chi connectivity index (χ3v) is 6.82. The van der Waals surface area contributed by atoms with Crippen molar-refractivity contribution in [3.63, 3.8) is 0 Å². The van der Waals surface area contributed by atoms with Gasteiger partial charge in [0.15, 0.2) is 0 Å². The number of benzene rings is 3. The Kier molecular flexibility index (Phi) is 4.68. The lowest BCUT2D eigenvalue weighted by Crippen LogP contribution is -2.12. The van der Waals surface area contributed by atoms with Crippen LogP contribution in [0.25, 0.3) is 21.9 Å². The van der Waals surface area contributed by atoms with Gasteiger partial charge in [-0.05, 0) is 92.3 Å². The van der Waals surface area contributed by atoms with Crippen LogP contribution in [0.15, 0.2) is 67.3 Å². The Labute approximate surface area is 170 Å². The summed E-state index contributed by atoms with van der Waals surface area (Å²) in [5.41, 5.74) is 6.01. The number of halogens is 1. The number of hydrogen-bond donors (Lipinski definition) is 0. The van der Waals surface area contributed by atoms with Gasteiger partial charge in [0, 0.05) is 3.57 Å². The Hall–Kier alpha value is -1.61. The van der Waals surface area contributed by atoms with Crippen molar-refractivity contribution in [2.45, 2.75) is 44.4 Å². The second-order valence-electron chi connectivity index (χ2n) is 8.09. The van der Waals surface area contributed by atoms with Crippen LogP contribution in [0.5, 0.6) is 0 Å². The summed E-state index contributed by atoms with van der Waals surface area (Å²) in [6, 6.07) is 20.4. The molecular formula is C25H25I. The average molecular weight is 452 g/mol. The van der Waals surface area contributed by atoms with E-state index in [0.29, 0.717) is 5.92 Å². The molecule has 0 fully saturated rings. The molecule has 1 atom stereocenters. The molecule has 0 aromatic heterocycles. The summed E-state index contributed by atoms with van der Waals surface area (Å²) in [6.07, 6.45) is 5.61. The Bertz CT molecular complexity index is 981. The second kappa shape index (κ2) is 6.84. The van der Waals surface area contributed by atoms with Gasteiger partial charge >= 0.3 is 0 Å². The minimum absolute atomic E-state index is 0.246.